The van der Waals surface area contributed by atoms with Gasteiger partial charge in [0.2, 0.25) is 0 Å². The van der Waals surface area contributed by atoms with Gasteiger partial charge in [0.15, 0.2) is 0 Å². The molecule has 0 radical (unpaired) electrons. The van der Waals surface area contributed by atoms with E-state index in [2.05, 4.69) is 10.3 Å². The van der Waals surface area contributed by atoms with Crippen LogP contribution in [-0.4, -0.2) is 35.1 Å². The molecular formula is C28H26F4N4O2. The molecule has 0 aromatic heterocycles. The lowest BCUT2D eigenvalue weighted by molar-refractivity contribution is -0.137. The molecule has 10 heteroatoms. The Bertz CT molecular complexity index is 1310. The molecule has 1 atom stereocenters. The minimum atomic E-state index is -4.58. The normalized spacial score (nSPS) is 17.7. The van der Waals surface area contributed by atoms with Gasteiger partial charge in [0, 0.05) is 30.3 Å². The molecule has 3 N–H and O–H groups in total. The van der Waals surface area contributed by atoms with Gasteiger partial charge in [-0.3, -0.25) is 14.5 Å². The summed E-state index contributed by atoms with van der Waals surface area (Å²) >= 11 is 0. The van der Waals surface area contributed by atoms with Crippen LogP contribution in [0.4, 0.5) is 23.2 Å². The zero-order valence-electron chi connectivity index (χ0n) is 20.5. The lowest BCUT2D eigenvalue weighted by Crippen LogP contribution is -2.55. The first-order chi connectivity index (χ1) is 18.1. The lowest BCUT2D eigenvalue weighted by atomic mass is 9.97. The Hall–Kier alpha value is -4.47. The summed E-state index contributed by atoms with van der Waals surface area (Å²) in [7, 11) is 0. The van der Waals surface area contributed by atoms with Gasteiger partial charge in [-0.25, -0.2) is 9.38 Å². The number of alkyl halides is 3. The average Bonchev–Trinajstić information content (AvgIpc) is 2.91. The molecule has 1 aliphatic heterocycles. The van der Waals surface area contributed by atoms with Gasteiger partial charge >= 0.3 is 6.18 Å². The first kappa shape index (κ1) is 28.1. The van der Waals surface area contributed by atoms with E-state index in [0.717, 1.165) is 18.2 Å². The summed E-state index contributed by atoms with van der Waals surface area (Å²) in [6.45, 7) is 2.03. The Labute approximate surface area is 217 Å². The number of likely N-dealkylation sites (N-methyl/N-ethyl adjacent to an activating group) is 1. The summed E-state index contributed by atoms with van der Waals surface area (Å²) in [6.07, 6.45) is -3.18. The number of hydrogen-bond acceptors (Lipinski definition) is 4. The van der Waals surface area contributed by atoms with Crippen molar-refractivity contribution in [3.8, 4) is 0 Å². The van der Waals surface area contributed by atoms with Crippen LogP contribution in [0.3, 0.4) is 0 Å². The Kier molecular flexibility index (Phi) is 9.37. The largest absolute Gasteiger partial charge is 0.416 e. The van der Waals surface area contributed by atoms with E-state index in [1.54, 1.807) is 37.3 Å². The number of nitrogens with one attached hydrogen (secondary N) is 1. The molecule has 4 rings (SSSR count). The van der Waals surface area contributed by atoms with Gasteiger partial charge in [-0.1, -0.05) is 42.5 Å². The average molecular weight is 527 g/mol. The molecular weight excluding hydrogens is 500 g/mol. The molecule has 0 aliphatic carbocycles. The quantitative estimate of drug-likeness (QED) is 0.443. The van der Waals surface area contributed by atoms with Crippen molar-refractivity contribution in [1.29, 1.82) is 0 Å². The zero-order valence-corrected chi connectivity index (χ0v) is 20.5. The fourth-order valence-electron chi connectivity index (χ4n) is 3.68. The molecule has 1 saturated heterocycles. The second kappa shape index (κ2) is 12.7. The van der Waals surface area contributed by atoms with Crippen LogP contribution in [0.15, 0.2) is 102 Å². The summed E-state index contributed by atoms with van der Waals surface area (Å²) in [5, 5.41) is 2.53. The molecule has 0 bridgehead atoms. The Balaban J connectivity index is 0.000000494. The predicted octanol–water partition coefficient (Wildman–Crippen LogP) is 5.45. The molecule has 0 spiro atoms. The molecule has 3 aromatic carbocycles. The maximum atomic E-state index is 13.0. The lowest BCUT2D eigenvalue weighted by Gasteiger charge is -2.34. The topological polar surface area (TPSA) is 87.8 Å². The summed E-state index contributed by atoms with van der Waals surface area (Å²) in [4.78, 5) is 31.5. The van der Waals surface area contributed by atoms with Crippen LogP contribution in [0.5, 0.6) is 0 Å². The molecule has 1 heterocycles. The standard InChI is InChI=1S/C22H21F3N4O2.C6H5F/c1-2-29-19(27-17-9-4-3-5-10-17)15(13-26)12-18(21(29)31)28-20(30)14-7-6-8-16(11-14)22(23,24)25;7-6-4-2-1-3-5-6/h3-11,13,18H,2,12,26H2,1H3,(H,28,30);1-5H/b15-13-,27-19?;. The van der Waals surface area contributed by atoms with E-state index in [4.69, 9.17) is 5.73 Å². The molecule has 1 unspecified atom stereocenters. The Morgan fingerprint density at radius 2 is 1.68 bits per heavy atom. The summed E-state index contributed by atoms with van der Waals surface area (Å²) < 4.78 is 50.7. The highest BCUT2D eigenvalue weighted by Gasteiger charge is 2.37. The van der Waals surface area contributed by atoms with Crippen molar-refractivity contribution < 1.29 is 27.2 Å². The van der Waals surface area contributed by atoms with Crippen LogP contribution >= 0.6 is 0 Å². The number of benzene rings is 3. The Morgan fingerprint density at radius 3 is 2.21 bits per heavy atom. The van der Waals surface area contributed by atoms with Gasteiger partial charge in [-0.05, 0) is 49.4 Å². The number of carbonyl (C=O) groups is 2. The van der Waals surface area contributed by atoms with Gasteiger partial charge < -0.3 is 11.1 Å². The summed E-state index contributed by atoms with van der Waals surface area (Å²) in [5.41, 5.74) is 5.81. The van der Waals surface area contributed by atoms with E-state index in [-0.39, 0.29) is 24.3 Å². The van der Waals surface area contributed by atoms with Crippen LogP contribution in [-0.2, 0) is 11.0 Å². The highest BCUT2D eigenvalue weighted by Crippen LogP contribution is 2.30. The molecule has 3 aromatic rings. The second-order valence-electron chi connectivity index (χ2n) is 8.15. The first-order valence-electron chi connectivity index (χ1n) is 11.7. The van der Waals surface area contributed by atoms with Crippen LogP contribution in [0.1, 0.15) is 29.3 Å². The van der Waals surface area contributed by atoms with Gasteiger partial charge in [-0.2, -0.15) is 13.2 Å². The van der Waals surface area contributed by atoms with E-state index < -0.39 is 29.6 Å². The molecule has 2 amide bonds. The number of aliphatic imine (C=N–C) groups is 1. The predicted molar refractivity (Wildman–Crippen MR) is 137 cm³/mol. The van der Waals surface area contributed by atoms with Crippen molar-refractivity contribution in [2.75, 3.05) is 6.54 Å². The number of piperidine rings is 1. The van der Waals surface area contributed by atoms with Crippen molar-refractivity contribution in [2.24, 2.45) is 10.7 Å². The smallest absolute Gasteiger partial charge is 0.404 e. The van der Waals surface area contributed by atoms with Crippen LogP contribution < -0.4 is 11.1 Å². The first-order valence-corrected chi connectivity index (χ1v) is 11.7. The van der Waals surface area contributed by atoms with E-state index in [0.29, 0.717) is 17.1 Å². The number of hydrogen-bond donors (Lipinski definition) is 2. The summed E-state index contributed by atoms with van der Waals surface area (Å²) in [5.74, 6) is -0.989. The van der Waals surface area contributed by atoms with Gasteiger partial charge in [0.05, 0.1) is 11.3 Å². The van der Waals surface area contributed by atoms with Gasteiger partial charge in [0.1, 0.15) is 17.7 Å². The second-order valence-corrected chi connectivity index (χ2v) is 8.15. The third-order valence-electron chi connectivity index (χ3n) is 5.53. The number of carbonyl (C=O) groups excluding carboxylic acids is 2. The number of likely N-dealkylation sites (tertiary alicyclic amines) is 1. The number of rotatable bonds is 4. The van der Waals surface area contributed by atoms with E-state index in [1.807, 2.05) is 18.2 Å². The monoisotopic (exact) mass is 526 g/mol. The Morgan fingerprint density at radius 1 is 1.05 bits per heavy atom. The van der Waals surface area contributed by atoms with Crippen molar-refractivity contribution >= 4 is 23.3 Å². The number of halogens is 4. The van der Waals surface area contributed by atoms with Gasteiger partial charge in [0.25, 0.3) is 11.8 Å². The van der Waals surface area contributed by atoms with Crippen molar-refractivity contribution in [1.82, 2.24) is 10.2 Å². The molecule has 38 heavy (non-hydrogen) atoms. The van der Waals surface area contributed by atoms with Gasteiger partial charge in [-0.15, -0.1) is 0 Å². The fraction of sp³-hybridized carbons (Fsp3) is 0.179. The molecule has 198 valence electrons. The van der Waals surface area contributed by atoms with E-state index >= 15 is 0 Å². The minimum absolute atomic E-state index is 0.0716. The van der Waals surface area contributed by atoms with Crippen molar-refractivity contribution in [3.05, 3.63) is 114 Å². The fourth-order valence-corrected chi connectivity index (χ4v) is 3.68. The van der Waals surface area contributed by atoms with Crippen molar-refractivity contribution in [3.63, 3.8) is 0 Å². The minimum Gasteiger partial charge on any atom is -0.404 e. The summed E-state index contributed by atoms with van der Waals surface area (Å²) in [6, 6.07) is 20.0. The highest BCUT2D eigenvalue weighted by molar-refractivity contribution is 6.13. The number of para-hydroxylation sites is 1. The third kappa shape index (κ3) is 7.28. The molecule has 6 nitrogen and oxygen atoms in total. The highest BCUT2D eigenvalue weighted by atomic mass is 19.4. The number of nitrogens with two attached hydrogens (primary N) is 1. The van der Waals surface area contributed by atoms with Crippen LogP contribution in [0.2, 0.25) is 0 Å². The number of nitrogens with zero attached hydrogens (tertiary/aromatic N) is 2. The van der Waals surface area contributed by atoms with Crippen LogP contribution in [0, 0.1) is 5.82 Å². The SMILES string of the molecule is CCN1C(=O)C(NC(=O)c2cccc(C(F)(F)F)c2)C/C(=C/N)C1=Nc1ccccc1.Fc1ccccc1. The van der Waals surface area contributed by atoms with E-state index in [9.17, 15) is 27.2 Å². The molecule has 1 fully saturated rings. The maximum Gasteiger partial charge on any atom is 0.416 e. The number of amides is 2. The maximum absolute atomic E-state index is 13.0. The number of amidine groups is 1. The van der Waals surface area contributed by atoms with E-state index in [1.165, 1.54) is 29.3 Å². The molecule has 1 aliphatic rings. The molecule has 0 saturated carbocycles. The van der Waals surface area contributed by atoms with Crippen LogP contribution in [0.25, 0.3) is 0 Å². The zero-order chi connectivity index (χ0) is 27.7. The third-order valence-corrected chi connectivity index (χ3v) is 5.53. The van der Waals surface area contributed by atoms with Crippen molar-refractivity contribution in [2.45, 2.75) is 25.6 Å².